The molecule has 2 saturated heterocycles. The van der Waals surface area contributed by atoms with Crippen molar-refractivity contribution >= 4 is 16.7 Å². The Balaban J connectivity index is 1.24. The van der Waals surface area contributed by atoms with Crippen LogP contribution in [0, 0.1) is 13.8 Å². The minimum absolute atomic E-state index is 0.00262. The number of carbonyl (C=O) groups is 1. The molecular formula is C26H28N2O5S. The van der Waals surface area contributed by atoms with Crippen LogP contribution in [-0.2, 0) is 26.0 Å². The first-order chi connectivity index (χ1) is 16.4. The van der Waals surface area contributed by atoms with Crippen molar-refractivity contribution in [3.8, 4) is 11.5 Å². The van der Waals surface area contributed by atoms with Gasteiger partial charge in [0.25, 0.3) is 5.91 Å². The van der Waals surface area contributed by atoms with E-state index in [0.717, 1.165) is 16.0 Å². The Morgan fingerprint density at radius 2 is 1.65 bits per heavy atom. The van der Waals surface area contributed by atoms with E-state index in [-0.39, 0.29) is 5.91 Å². The van der Waals surface area contributed by atoms with Crippen LogP contribution in [0.4, 0.5) is 0 Å². The summed E-state index contributed by atoms with van der Waals surface area (Å²) in [6, 6.07) is 15.0. The average molecular weight is 481 g/mol. The predicted octanol–water partition coefficient (Wildman–Crippen LogP) is 4.25. The number of amides is 1. The quantitative estimate of drug-likeness (QED) is 0.543. The summed E-state index contributed by atoms with van der Waals surface area (Å²) < 4.78 is 30.1. The molecule has 0 saturated carbocycles. The van der Waals surface area contributed by atoms with Crippen LogP contribution in [0.25, 0.3) is 11.5 Å². The number of rotatable bonds is 5. The SMILES string of the molecule is Cc1ccc([S@](=O)Cc2nc(-c3ccc(C(=O)N4CCC5(CC4)OCCO5)cc3)oc2C)cc1. The van der Waals surface area contributed by atoms with Crippen LogP contribution in [0.15, 0.2) is 57.8 Å². The third-order valence-electron chi connectivity index (χ3n) is 6.45. The van der Waals surface area contributed by atoms with E-state index < -0.39 is 16.6 Å². The lowest BCUT2D eigenvalue weighted by molar-refractivity contribution is -0.181. The monoisotopic (exact) mass is 480 g/mol. The number of benzene rings is 2. The van der Waals surface area contributed by atoms with Crippen molar-refractivity contribution in [3.63, 3.8) is 0 Å². The first kappa shape index (κ1) is 23.0. The molecule has 3 aromatic rings. The zero-order valence-electron chi connectivity index (χ0n) is 19.4. The molecule has 7 nitrogen and oxygen atoms in total. The van der Waals surface area contributed by atoms with Gasteiger partial charge in [-0.1, -0.05) is 17.7 Å². The van der Waals surface area contributed by atoms with Gasteiger partial charge in [-0.2, -0.15) is 0 Å². The molecule has 3 heterocycles. The molecule has 0 unspecified atom stereocenters. The molecule has 2 aromatic carbocycles. The number of aromatic nitrogens is 1. The first-order valence-electron chi connectivity index (χ1n) is 11.5. The lowest BCUT2D eigenvalue weighted by Crippen LogP contribution is -2.47. The summed E-state index contributed by atoms with van der Waals surface area (Å²) in [7, 11) is -1.20. The number of aryl methyl sites for hydroxylation is 2. The number of ether oxygens (including phenoxy) is 2. The molecule has 1 amide bonds. The van der Waals surface area contributed by atoms with Crippen LogP contribution in [0.1, 0.15) is 40.2 Å². The zero-order valence-corrected chi connectivity index (χ0v) is 20.2. The van der Waals surface area contributed by atoms with Gasteiger partial charge in [-0.05, 0) is 50.2 Å². The van der Waals surface area contributed by atoms with Crippen LogP contribution in [0.2, 0.25) is 0 Å². The third-order valence-corrected chi connectivity index (χ3v) is 7.78. The summed E-state index contributed by atoms with van der Waals surface area (Å²) in [5, 5.41) is 0. The fourth-order valence-corrected chi connectivity index (χ4v) is 5.48. The maximum atomic E-state index is 13.0. The number of nitrogens with zero attached hydrogens (tertiary/aromatic N) is 2. The average Bonchev–Trinajstić information content (AvgIpc) is 3.46. The molecule has 1 atom stereocenters. The second kappa shape index (κ2) is 9.44. The molecule has 0 bridgehead atoms. The number of oxazole rings is 1. The molecule has 178 valence electrons. The highest BCUT2D eigenvalue weighted by molar-refractivity contribution is 7.84. The van der Waals surface area contributed by atoms with E-state index in [0.29, 0.717) is 67.8 Å². The smallest absolute Gasteiger partial charge is 0.253 e. The highest BCUT2D eigenvalue weighted by atomic mass is 32.2. The number of hydrogen-bond donors (Lipinski definition) is 0. The molecule has 5 rings (SSSR count). The Hall–Kier alpha value is -2.81. The van der Waals surface area contributed by atoms with Gasteiger partial charge in [-0.15, -0.1) is 0 Å². The van der Waals surface area contributed by atoms with Crippen molar-refractivity contribution in [1.29, 1.82) is 0 Å². The summed E-state index contributed by atoms with van der Waals surface area (Å²) in [4.78, 5) is 20.2. The molecule has 1 spiro atoms. The van der Waals surface area contributed by atoms with Crippen molar-refractivity contribution in [2.45, 2.75) is 43.1 Å². The van der Waals surface area contributed by atoms with Crippen LogP contribution >= 0.6 is 0 Å². The molecule has 0 aliphatic carbocycles. The highest BCUT2D eigenvalue weighted by Crippen LogP contribution is 2.32. The van der Waals surface area contributed by atoms with Crippen LogP contribution in [-0.4, -0.2) is 52.1 Å². The van der Waals surface area contributed by atoms with Gasteiger partial charge in [0.2, 0.25) is 5.89 Å². The van der Waals surface area contributed by atoms with E-state index in [1.54, 1.807) is 12.1 Å². The van der Waals surface area contributed by atoms with Gasteiger partial charge in [0, 0.05) is 42.0 Å². The van der Waals surface area contributed by atoms with E-state index >= 15 is 0 Å². The molecule has 2 aliphatic rings. The minimum Gasteiger partial charge on any atom is -0.441 e. The summed E-state index contributed by atoms with van der Waals surface area (Å²) in [5.41, 5.74) is 3.20. The molecule has 8 heteroatoms. The normalized spacial score (nSPS) is 18.4. The van der Waals surface area contributed by atoms with Crippen LogP contribution in [0.5, 0.6) is 0 Å². The van der Waals surface area contributed by atoms with E-state index in [1.807, 2.05) is 55.1 Å². The Labute approximate surface area is 201 Å². The fraction of sp³-hybridized carbons (Fsp3) is 0.385. The van der Waals surface area contributed by atoms with Crippen LogP contribution in [0.3, 0.4) is 0 Å². The first-order valence-corrected chi connectivity index (χ1v) is 12.8. The molecule has 2 fully saturated rings. The Kier molecular flexibility index (Phi) is 6.38. The number of carbonyl (C=O) groups excluding carboxylic acids is 1. The van der Waals surface area contributed by atoms with Gasteiger partial charge in [0.05, 0.1) is 35.5 Å². The van der Waals surface area contributed by atoms with Crippen molar-refractivity contribution in [2.75, 3.05) is 26.3 Å². The van der Waals surface area contributed by atoms with Crippen molar-refractivity contribution in [3.05, 3.63) is 71.1 Å². The molecule has 0 N–H and O–H groups in total. The second-order valence-corrected chi connectivity index (χ2v) is 10.3. The number of likely N-dealkylation sites (tertiary alicyclic amines) is 1. The molecule has 0 radical (unpaired) electrons. The number of piperidine rings is 1. The number of hydrogen-bond acceptors (Lipinski definition) is 6. The lowest BCUT2D eigenvalue weighted by atomic mass is 10.0. The van der Waals surface area contributed by atoms with Crippen molar-refractivity contribution in [1.82, 2.24) is 9.88 Å². The molecular weight excluding hydrogens is 452 g/mol. The summed E-state index contributed by atoms with van der Waals surface area (Å²) >= 11 is 0. The summed E-state index contributed by atoms with van der Waals surface area (Å²) in [5.74, 6) is 0.901. The zero-order chi connectivity index (χ0) is 23.7. The highest BCUT2D eigenvalue weighted by Gasteiger charge is 2.40. The topological polar surface area (TPSA) is 81.9 Å². The van der Waals surface area contributed by atoms with Gasteiger partial charge >= 0.3 is 0 Å². The fourth-order valence-electron chi connectivity index (χ4n) is 4.36. The van der Waals surface area contributed by atoms with Gasteiger partial charge < -0.3 is 18.8 Å². The van der Waals surface area contributed by atoms with Gasteiger partial charge in [-0.25, -0.2) is 4.98 Å². The molecule has 2 aliphatic heterocycles. The maximum Gasteiger partial charge on any atom is 0.253 e. The third kappa shape index (κ3) is 4.71. The van der Waals surface area contributed by atoms with Gasteiger partial charge in [0.1, 0.15) is 5.76 Å². The molecule has 1 aromatic heterocycles. The summed E-state index contributed by atoms with van der Waals surface area (Å²) in [6.45, 7) is 6.30. The van der Waals surface area contributed by atoms with Crippen LogP contribution < -0.4 is 0 Å². The van der Waals surface area contributed by atoms with Crippen molar-refractivity contribution in [2.24, 2.45) is 0 Å². The molecule has 34 heavy (non-hydrogen) atoms. The Morgan fingerprint density at radius 1 is 1.00 bits per heavy atom. The standard InChI is InChI=1S/C26H28N2O5S/c1-18-3-9-22(10-4-18)34(30)17-23-19(2)33-24(27-23)20-5-7-21(8-6-20)25(29)28-13-11-26(12-14-28)31-15-16-32-26/h3-10H,11-17H2,1-2H3/t34-/m1/s1. The van der Waals surface area contributed by atoms with E-state index in [4.69, 9.17) is 13.9 Å². The largest absolute Gasteiger partial charge is 0.441 e. The summed E-state index contributed by atoms with van der Waals surface area (Å²) in [6.07, 6.45) is 1.39. The van der Waals surface area contributed by atoms with E-state index in [1.165, 1.54) is 0 Å². The van der Waals surface area contributed by atoms with Gasteiger partial charge in [0.15, 0.2) is 5.79 Å². The second-order valence-electron chi connectivity index (χ2n) is 8.80. The van der Waals surface area contributed by atoms with Gasteiger partial charge in [-0.3, -0.25) is 9.00 Å². The minimum atomic E-state index is -1.20. The maximum absolute atomic E-state index is 13.0. The van der Waals surface area contributed by atoms with E-state index in [9.17, 15) is 9.00 Å². The predicted molar refractivity (Wildman–Crippen MR) is 128 cm³/mol. The van der Waals surface area contributed by atoms with E-state index in [2.05, 4.69) is 4.98 Å². The lowest BCUT2D eigenvalue weighted by Gasteiger charge is -2.37. The van der Waals surface area contributed by atoms with Crippen molar-refractivity contribution < 1.29 is 22.9 Å². The Morgan fingerprint density at radius 3 is 2.29 bits per heavy atom. The Bertz CT molecular complexity index is 1190.